The van der Waals surface area contributed by atoms with Crippen molar-refractivity contribution in [2.24, 2.45) is 5.73 Å². The molecule has 1 aliphatic rings. The summed E-state index contributed by atoms with van der Waals surface area (Å²) < 4.78 is 19.5. The van der Waals surface area contributed by atoms with Crippen molar-refractivity contribution in [2.75, 3.05) is 0 Å². The van der Waals surface area contributed by atoms with E-state index in [1.165, 1.54) is 6.07 Å². The molecule has 18 heavy (non-hydrogen) atoms. The maximum Gasteiger partial charge on any atom is 0.262 e. The third kappa shape index (κ3) is 1.76. The van der Waals surface area contributed by atoms with Gasteiger partial charge in [0.1, 0.15) is 5.82 Å². The predicted molar refractivity (Wildman–Crippen MR) is 67.1 cm³/mol. The van der Waals surface area contributed by atoms with Crippen LogP contribution in [0, 0.1) is 5.82 Å². The van der Waals surface area contributed by atoms with Gasteiger partial charge in [0.2, 0.25) is 0 Å². The van der Waals surface area contributed by atoms with Gasteiger partial charge in [0, 0.05) is 4.47 Å². The molecule has 2 aromatic rings. The molecule has 3 rings (SSSR count). The molecule has 1 aromatic carbocycles. The van der Waals surface area contributed by atoms with Crippen LogP contribution in [0.2, 0.25) is 0 Å². The Morgan fingerprint density at radius 1 is 1.39 bits per heavy atom. The predicted octanol–water partition coefficient (Wildman–Crippen LogP) is 2.98. The number of nitrogens with zero attached hydrogens (tertiary/aromatic N) is 2. The largest absolute Gasteiger partial charge is 0.334 e. The SMILES string of the molecule is NC1(c2noc(-c3c(F)cccc3Br)n2)CCC1. The Hall–Kier alpha value is -1.27. The molecular weight excluding hydrogens is 301 g/mol. The smallest absolute Gasteiger partial charge is 0.262 e. The van der Waals surface area contributed by atoms with Gasteiger partial charge in [-0.3, -0.25) is 0 Å². The van der Waals surface area contributed by atoms with E-state index in [1.807, 2.05) is 0 Å². The van der Waals surface area contributed by atoms with E-state index >= 15 is 0 Å². The summed E-state index contributed by atoms with van der Waals surface area (Å²) in [5.41, 5.74) is 5.88. The van der Waals surface area contributed by atoms with Gasteiger partial charge < -0.3 is 10.3 Å². The molecule has 1 saturated carbocycles. The normalized spacial score (nSPS) is 17.5. The number of halogens is 2. The molecule has 0 bridgehead atoms. The van der Waals surface area contributed by atoms with Crippen LogP contribution in [0.15, 0.2) is 27.2 Å². The minimum absolute atomic E-state index is 0.159. The van der Waals surface area contributed by atoms with E-state index in [0.29, 0.717) is 10.3 Å². The molecule has 2 N–H and O–H groups in total. The average Bonchev–Trinajstić information content (AvgIpc) is 2.75. The van der Waals surface area contributed by atoms with Crippen molar-refractivity contribution in [1.29, 1.82) is 0 Å². The topological polar surface area (TPSA) is 64.9 Å². The van der Waals surface area contributed by atoms with Gasteiger partial charge in [-0.1, -0.05) is 11.2 Å². The van der Waals surface area contributed by atoms with Gasteiger partial charge in [0.15, 0.2) is 5.82 Å². The van der Waals surface area contributed by atoms with Gasteiger partial charge in [-0.2, -0.15) is 4.98 Å². The highest BCUT2D eigenvalue weighted by Crippen LogP contribution is 2.38. The zero-order valence-electron chi connectivity index (χ0n) is 9.49. The maximum absolute atomic E-state index is 13.7. The molecule has 4 nitrogen and oxygen atoms in total. The molecule has 0 radical (unpaired) electrons. The molecule has 0 aliphatic heterocycles. The van der Waals surface area contributed by atoms with E-state index in [1.54, 1.807) is 12.1 Å². The molecule has 0 unspecified atom stereocenters. The highest BCUT2D eigenvalue weighted by Gasteiger charge is 2.39. The number of benzene rings is 1. The molecule has 0 amide bonds. The molecule has 6 heteroatoms. The number of hydrogen-bond acceptors (Lipinski definition) is 4. The Labute approximate surface area is 112 Å². The Kier molecular flexibility index (Phi) is 2.71. The zero-order chi connectivity index (χ0) is 12.8. The fourth-order valence-electron chi connectivity index (χ4n) is 2.01. The third-order valence-electron chi connectivity index (χ3n) is 3.29. The number of hydrogen-bond donors (Lipinski definition) is 1. The van der Waals surface area contributed by atoms with E-state index in [2.05, 4.69) is 26.1 Å². The first-order valence-corrected chi connectivity index (χ1v) is 6.47. The van der Waals surface area contributed by atoms with Gasteiger partial charge in [-0.05, 0) is 47.3 Å². The van der Waals surface area contributed by atoms with Crippen LogP contribution in [0.4, 0.5) is 4.39 Å². The van der Waals surface area contributed by atoms with Gasteiger partial charge in [0.05, 0.1) is 11.1 Å². The molecule has 0 saturated heterocycles. The van der Waals surface area contributed by atoms with Crippen LogP contribution >= 0.6 is 15.9 Å². The van der Waals surface area contributed by atoms with E-state index in [4.69, 9.17) is 10.3 Å². The van der Waals surface area contributed by atoms with Crippen molar-refractivity contribution in [3.8, 4) is 11.5 Å². The summed E-state index contributed by atoms with van der Waals surface area (Å²) in [5.74, 6) is 0.213. The molecule has 1 fully saturated rings. The maximum atomic E-state index is 13.7. The van der Waals surface area contributed by atoms with Crippen LogP contribution in [-0.4, -0.2) is 10.1 Å². The third-order valence-corrected chi connectivity index (χ3v) is 3.95. The standard InChI is InChI=1S/C12H11BrFN3O/c13-7-3-1-4-8(14)9(7)10-16-11(17-18-10)12(15)5-2-6-12/h1,3-4H,2,5-6,15H2. The van der Waals surface area contributed by atoms with Gasteiger partial charge >= 0.3 is 0 Å². The summed E-state index contributed by atoms with van der Waals surface area (Å²) in [5, 5.41) is 3.87. The van der Waals surface area contributed by atoms with Crippen molar-refractivity contribution in [3.63, 3.8) is 0 Å². The summed E-state index contributed by atoms with van der Waals surface area (Å²) in [6.45, 7) is 0. The lowest BCUT2D eigenvalue weighted by atomic mass is 9.77. The second-order valence-corrected chi connectivity index (χ2v) is 5.38. The van der Waals surface area contributed by atoms with Crippen LogP contribution < -0.4 is 5.73 Å². The molecule has 1 aliphatic carbocycles. The minimum Gasteiger partial charge on any atom is -0.334 e. The summed E-state index contributed by atoms with van der Waals surface area (Å²) in [7, 11) is 0. The minimum atomic E-state index is -0.501. The Bertz CT molecular complexity index is 575. The Morgan fingerprint density at radius 3 is 2.78 bits per heavy atom. The molecule has 1 aromatic heterocycles. The molecule has 0 atom stereocenters. The van der Waals surface area contributed by atoms with Gasteiger partial charge in [0.25, 0.3) is 5.89 Å². The lowest BCUT2D eigenvalue weighted by Crippen LogP contribution is -2.44. The first-order valence-electron chi connectivity index (χ1n) is 5.68. The Morgan fingerprint density at radius 2 is 2.17 bits per heavy atom. The highest BCUT2D eigenvalue weighted by molar-refractivity contribution is 9.10. The highest BCUT2D eigenvalue weighted by atomic mass is 79.9. The van der Waals surface area contributed by atoms with E-state index in [0.717, 1.165) is 19.3 Å². The lowest BCUT2D eigenvalue weighted by molar-refractivity contribution is 0.229. The Balaban J connectivity index is 2.03. The van der Waals surface area contributed by atoms with Crippen molar-refractivity contribution < 1.29 is 8.91 Å². The summed E-state index contributed by atoms with van der Waals surface area (Å²) >= 11 is 3.28. The fraction of sp³-hybridized carbons (Fsp3) is 0.333. The van der Waals surface area contributed by atoms with Gasteiger partial charge in [-0.15, -0.1) is 0 Å². The van der Waals surface area contributed by atoms with Crippen LogP contribution in [0.3, 0.4) is 0 Å². The summed E-state index contributed by atoms with van der Waals surface area (Å²) in [6, 6.07) is 4.69. The van der Waals surface area contributed by atoms with Crippen LogP contribution in [0.25, 0.3) is 11.5 Å². The van der Waals surface area contributed by atoms with Crippen molar-refractivity contribution in [3.05, 3.63) is 34.3 Å². The van der Waals surface area contributed by atoms with E-state index in [9.17, 15) is 4.39 Å². The van der Waals surface area contributed by atoms with Crippen molar-refractivity contribution >= 4 is 15.9 Å². The van der Waals surface area contributed by atoms with E-state index < -0.39 is 11.4 Å². The number of rotatable bonds is 2. The average molecular weight is 312 g/mol. The molecule has 94 valence electrons. The van der Waals surface area contributed by atoms with E-state index in [-0.39, 0.29) is 11.5 Å². The van der Waals surface area contributed by atoms with Crippen molar-refractivity contribution in [1.82, 2.24) is 10.1 Å². The fourth-order valence-corrected chi connectivity index (χ4v) is 2.52. The molecule has 0 spiro atoms. The second kappa shape index (κ2) is 4.13. The quantitative estimate of drug-likeness (QED) is 0.926. The van der Waals surface area contributed by atoms with Crippen LogP contribution in [-0.2, 0) is 5.54 Å². The molecular formula is C12H11BrFN3O. The van der Waals surface area contributed by atoms with Crippen molar-refractivity contribution in [2.45, 2.75) is 24.8 Å². The zero-order valence-corrected chi connectivity index (χ0v) is 11.1. The monoisotopic (exact) mass is 311 g/mol. The lowest BCUT2D eigenvalue weighted by Gasteiger charge is -2.34. The van der Waals surface area contributed by atoms with Gasteiger partial charge in [-0.25, -0.2) is 4.39 Å². The summed E-state index contributed by atoms with van der Waals surface area (Å²) in [6.07, 6.45) is 2.73. The second-order valence-electron chi connectivity index (χ2n) is 4.53. The first kappa shape index (κ1) is 11.8. The number of aromatic nitrogens is 2. The van der Waals surface area contributed by atoms with Crippen LogP contribution in [0.1, 0.15) is 25.1 Å². The van der Waals surface area contributed by atoms with Crippen LogP contribution in [0.5, 0.6) is 0 Å². The number of nitrogens with two attached hydrogens (primary N) is 1. The summed E-state index contributed by atoms with van der Waals surface area (Å²) in [4.78, 5) is 4.22. The molecule has 1 heterocycles. The first-order chi connectivity index (χ1) is 8.60.